The fourth-order valence-corrected chi connectivity index (χ4v) is 1.98. The molecule has 0 fully saturated rings. The van der Waals surface area contributed by atoms with Crippen LogP contribution in [0.3, 0.4) is 0 Å². The van der Waals surface area contributed by atoms with Gasteiger partial charge in [0, 0.05) is 10.6 Å². The molecule has 4 heteroatoms. The number of hydrogen-bond acceptors (Lipinski definition) is 2. The summed E-state index contributed by atoms with van der Waals surface area (Å²) in [5.74, 6) is 0.252. The Morgan fingerprint density at radius 1 is 1.20 bits per heavy atom. The van der Waals surface area contributed by atoms with Gasteiger partial charge in [0.2, 0.25) is 0 Å². The molecule has 0 radical (unpaired) electrons. The fraction of sp³-hybridized carbons (Fsp3) is 0.250. The number of rotatable bonds is 5. The van der Waals surface area contributed by atoms with E-state index in [1.54, 1.807) is 24.3 Å². The van der Waals surface area contributed by atoms with Crippen LogP contribution in [0.15, 0.2) is 42.5 Å². The van der Waals surface area contributed by atoms with Crippen molar-refractivity contribution >= 4 is 11.6 Å². The van der Waals surface area contributed by atoms with Gasteiger partial charge in [-0.1, -0.05) is 36.7 Å². The highest BCUT2D eigenvalue weighted by molar-refractivity contribution is 6.30. The molecule has 0 amide bonds. The van der Waals surface area contributed by atoms with E-state index in [0.29, 0.717) is 22.8 Å². The molecule has 0 saturated carbocycles. The van der Waals surface area contributed by atoms with Gasteiger partial charge in [0.1, 0.15) is 18.2 Å². The molecule has 0 aliphatic heterocycles. The van der Waals surface area contributed by atoms with Gasteiger partial charge in [0.05, 0.1) is 6.10 Å². The van der Waals surface area contributed by atoms with E-state index in [2.05, 4.69) is 0 Å². The third-order valence-corrected chi connectivity index (χ3v) is 3.30. The molecule has 0 heterocycles. The molecule has 2 aromatic carbocycles. The van der Waals surface area contributed by atoms with E-state index >= 15 is 0 Å². The van der Waals surface area contributed by atoms with Crippen molar-refractivity contribution in [3.05, 3.63) is 64.4 Å². The normalized spacial score (nSPS) is 12.2. The maximum atomic E-state index is 13.6. The first kappa shape index (κ1) is 14.8. The molecule has 2 rings (SSSR count). The molecule has 1 N–H and O–H groups in total. The van der Waals surface area contributed by atoms with E-state index in [-0.39, 0.29) is 12.4 Å². The standard InChI is InChI=1S/C16H16ClFO2/c1-2-16(19)11-4-7-14(8-5-11)20-10-12-3-6-13(17)9-15(12)18/h3-9,16,19H,2,10H2,1H3/t16-/m1/s1. The lowest BCUT2D eigenvalue weighted by Gasteiger charge is -2.10. The first-order chi connectivity index (χ1) is 9.60. The molecule has 2 aromatic rings. The van der Waals surface area contributed by atoms with Crippen LogP contribution in [0.5, 0.6) is 5.75 Å². The molecule has 0 saturated heterocycles. The van der Waals surface area contributed by atoms with Gasteiger partial charge in [-0.2, -0.15) is 0 Å². The number of benzene rings is 2. The Hall–Kier alpha value is -1.58. The van der Waals surface area contributed by atoms with Gasteiger partial charge in [-0.3, -0.25) is 0 Å². The Morgan fingerprint density at radius 3 is 2.50 bits per heavy atom. The van der Waals surface area contributed by atoms with E-state index in [9.17, 15) is 9.50 Å². The number of ether oxygens (including phenoxy) is 1. The molecule has 0 spiro atoms. The number of aliphatic hydroxyl groups excluding tert-OH is 1. The van der Waals surface area contributed by atoms with Crippen molar-refractivity contribution in [2.75, 3.05) is 0 Å². The maximum absolute atomic E-state index is 13.6. The first-order valence-corrected chi connectivity index (χ1v) is 6.82. The predicted octanol–water partition coefficient (Wildman–Crippen LogP) is 4.50. The van der Waals surface area contributed by atoms with Crippen LogP contribution in [0.25, 0.3) is 0 Å². The van der Waals surface area contributed by atoms with Crippen molar-refractivity contribution in [2.45, 2.75) is 26.1 Å². The van der Waals surface area contributed by atoms with Crippen molar-refractivity contribution in [2.24, 2.45) is 0 Å². The van der Waals surface area contributed by atoms with Crippen molar-refractivity contribution in [3.63, 3.8) is 0 Å². The summed E-state index contributed by atoms with van der Waals surface area (Å²) >= 11 is 5.69. The average Bonchev–Trinajstić information content (AvgIpc) is 2.46. The van der Waals surface area contributed by atoms with Crippen LogP contribution < -0.4 is 4.74 Å². The molecule has 20 heavy (non-hydrogen) atoms. The minimum Gasteiger partial charge on any atom is -0.489 e. The van der Waals surface area contributed by atoms with E-state index < -0.39 is 6.10 Å². The topological polar surface area (TPSA) is 29.5 Å². The number of halogens is 2. The summed E-state index contributed by atoms with van der Waals surface area (Å²) < 4.78 is 19.1. The Morgan fingerprint density at radius 2 is 1.90 bits per heavy atom. The van der Waals surface area contributed by atoms with Crippen molar-refractivity contribution in [1.82, 2.24) is 0 Å². The summed E-state index contributed by atoms with van der Waals surface area (Å²) in [7, 11) is 0. The molecular formula is C16H16ClFO2. The predicted molar refractivity (Wildman–Crippen MR) is 77.4 cm³/mol. The SMILES string of the molecule is CC[C@@H](O)c1ccc(OCc2ccc(Cl)cc2F)cc1. The van der Waals surface area contributed by atoms with E-state index in [0.717, 1.165) is 5.56 Å². The smallest absolute Gasteiger partial charge is 0.131 e. The van der Waals surface area contributed by atoms with E-state index in [1.807, 2.05) is 19.1 Å². The van der Waals surface area contributed by atoms with Gasteiger partial charge in [-0.15, -0.1) is 0 Å². The van der Waals surface area contributed by atoms with Crippen molar-refractivity contribution in [1.29, 1.82) is 0 Å². The van der Waals surface area contributed by atoms with Crippen LogP contribution in [-0.2, 0) is 6.61 Å². The molecule has 0 aromatic heterocycles. The third-order valence-electron chi connectivity index (χ3n) is 3.06. The van der Waals surface area contributed by atoms with Gasteiger partial charge in [-0.05, 0) is 36.2 Å². The van der Waals surface area contributed by atoms with Crippen LogP contribution in [0, 0.1) is 5.82 Å². The van der Waals surface area contributed by atoms with E-state index in [1.165, 1.54) is 6.07 Å². The lowest BCUT2D eigenvalue weighted by Crippen LogP contribution is -1.99. The van der Waals surface area contributed by atoms with Gasteiger partial charge in [0.15, 0.2) is 0 Å². The highest BCUT2D eigenvalue weighted by Gasteiger charge is 2.06. The Labute approximate surface area is 122 Å². The molecule has 0 aliphatic rings. The molecule has 106 valence electrons. The minimum atomic E-state index is -0.460. The van der Waals surface area contributed by atoms with Crippen molar-refractivity contribution in [3.8, 4) is 5.75 Å². The molecule has 0 aliphatic carbocycles. The molecule has 0 bridgehead atoms. The van der Waals surface area contributed by atoms with Gasteiger partial charge >= 0.3 is 0 Å². The monoisotopic (exact) mass is 294 g/mol. The molecule has 1 atom stereocenters. The summed E-state index contributed by atoms with van der Waals surface area (Å²) in [6.45, 7) is 2.05. The van der Waals surface area contributed by atoms with Crippen LogP contribution in [0.4, 0.5) is 4.39 Å². The summed E-state index contributed by atoms with van der Waals surface area (Å²) in [4.78, 5) is 0. The van der Waals surface area contributed by atoms with E-state index in [4.69, 9.17) is 16.3 Å². The summed E-state index contributed by atoms with van der Waals surface area (Å²) in [6.07, 6.45) is 0.202. The average molecular weight is 295 g/mol. The molecule has 0 unspecified atom stereocenters. The summed E-state index contributed by atoms with van der Waals surface area (Å²) in [5.41, 5.74) is 1.30. The fourth-order valence-electron chi connectivity index (χ4n) is 1.82. The van der Waals surface area contributed by atoms with Gasteiger partial charge in [-0.25, -0.2) is 4.39 Å². The maximum Gasteiger partial charge on any atom is 0.131 e. The van der Waals surface area contributed by atoms with Crippen LogP contribution in [0.1, 0.15) is 30.6 Å². The van der Waals surface area contributed by atoms with Gasteiger partial charge < -0.3 is 9.84 Å². The zero-order valence-corrected chi connectivity index (χ0v) is 11.9. The lowest BCUT2D eigenvalue weighted by molar-refractivity contribution is 0.173. The highest BCUT2D eigenvalue weighted by atomic mass is 35.5. The first-order valence-electron chi connectivity index (χ1n) is 6.45. The zero-order valence-electron chi connectivity index (χ0n) is 11.1. The number of aliphatic hydroxyl groups is 1. The molecule has 2 nitrogen and oxygen atoms in total. The Bertz CT molecular complexity index is 569. The quantitative estimate of drug-likeness (QED) is 0.879. The van der Waals surface area contributed by atoms with Crippen LogP contribution in [0.2, 0.25) is 5.02 Å². The number of hydrogen-bond donors (Lipinski definition) is 1. The van der Waals surface area contributed by atoms with Crippen molar-refractivity contribution < 1.29 is 14.2 Å². The largest absolute Gasteiger partial charge is 0.489 e. The second kappa shape index (κ2) is 6.73. The van der Waals surface area contributed by atoms with Gasteiger partial charge in [0.25, 0.3) is 0 Å². The zero-order chi connectivity index (χ0) is 14.5. The summed E-state index contributed by atoms with van der Waals surface area (Å²) in [5, 5.41) is 10.1. The Kier molecular flexibility index (Phi) is 4.99. The third kappa shape index (κ3) is 3.71. The minimum absolute atomic E-state index is 0.138. The second-order valence-corrected chi connectivity index (χ2v) is 4.95. The highest BCUT2D eigenvalue weighted by Crippen LogP contribution is 2.21. The van der Waals surface area contributed by atoms with Crippen LogP contribution in [-0.4, -0.2) is 5.11 Å². The van der Waals surface area contributed by atoms with Crippen LogP contribution >= 0.6 is 11.6 Å². The second-order valence-electron chi connectivity index (χ2n) is 4.52. The summed E-state index contributed by atoms with van der Waals surface area (Å²) in [6, 6.07) is 11.6. The Balaban J connectivity index is 2.00. The lowest BCUT2D eigenvalue weighted by atomic mass is 10.1. The molecular weight excluding hydrogens is 279 g/mol.